The number of rotatable bonds is 4. The Hall–Kier alpha value is -2.43. The zero-order valence-electron chi connectivity index (χ0n) is 10.4. The highest BCUT2D eigenvalue weighted by Gasteiger charge is 2.16. The Labute approximate surface area is 110 Å². The SMILES string of the molecule is CN(Cc1cc(F)ccc1[N+](=O)[O-])c1ccccc1. The number of halogens is 1. The molecule has 4 nitrogen and oxygen atoms in total. The van der Waals surface area contributed by atoms with Gasteiger partial charge in [-0.3, -0.25) is 10.1 Å². The Morgan fingerprint density at radius 1 is 1.21 bits per heavy atom. The van der Waals surface area contributed by atoms with Gasteiger partial charge in [0.1, 0.15) is 5.82 Å². The molecule has 0 unspecified atom stereocenters. The molecule has 2 rings (SSSR count). The Morgan fingerprint density at radius 3 is 2.53 bits per heavy atom. The fourth-order valence-corrected chi connectivity index (χ4v) is 1.89. The molecule has 98 valence electrons. The Morgan fingerprint density at radius 2 is 1.89 bits per heavy atom. The van der Waals surface area contributed by atoms with E-state index < -0.39 is 10.7 Å². The predicted octanol–water partition coefficient (Wildman–Crippen LogP) is 3.37. The smallest absolute Gasteiger partial charge is 0.274 e. The summed E-state index contributed by atoms with van der Waals surface area (Å²) in [7, 11) is 1.81. The fraction of sp³-hybridized carbons (Fsp3) is 0.143. The lowest BCUT2D eigenvalue weighted by atomic mass is 10.1. The maximum Gasteiger partial charge on any atom is 0.274 e. The van der Waals surface area contributed by atoms with Gasteiger partial charge in [0.25, 0.3) is 5.69 Å². The molecule has 0 N–H and O–H groups in total. The van der Waals surface area contributed by atoms with Crippen molar-refractivity contribution in [3.05, 3.63) is 70.0 Å². The minimum Gasteiger partial charge on any atom is -0.370 e. The lowest BCUT2D eigenvalue weighted by Crippen LogP contribution is -2.17. The number of hydrogen-bond acceptors (Lipinski definition) is 3. The molecule has 0 saturated heterocycles. The van der Waals surface area contributed by atoms with Crippen molar-refractivity contribution in [1.82, 2.24) is 0 Å². The summed E-state index contributed by atoms with van der Waals surface area (Å²) in [4.78, 5) is 12.3. The molecule has 0 radical (unpaired) electrons. The normalized spacial score (nSPS) is 10.2. The minimum atomic E-state index is -0.492. The molecular formula is C14H13FN2O2. The zero-order chi connectivity index (χ0) is 13.8. The molecular weight excluding hydrogens is 247 g/mol. The van der Waals surface area contributed by atoms with Gasteiger partial charge >= 0.3 is 0 Å². The first kappa shape index (κ1) is 13.0. The highest BCUT2D eigenvalue weighted by Crippen LogP contribution is 2.23. The lowest BCUT2D eigenvalue weighted by molar-refractivity contribution is -0.385. The van der Waals surface area contributed by atoms with E-state index in [0.29, 0.717) is 5.56 Å². The van der Waals surface area contributed by atoms with Crippen LogP contribution in [-0.2, 0) is 6.54 Å². The molecule has 0 spiro atoms. The third-order valence-electron chi connectivity index (χ3n) is 2.84. The van der Waals surface area contributed by atoms with Gasteiger partial charge in [-0.2, -0.15) is 0 Å². The van der Waals surface area contributed by atoms with Gasteiger partial charge in [-0.15, -0.1) is 0 Å². The third-order valence-corrected chi connectivity index (χ3v) is 2.84. The number of para-hydroxylation sites is 1. The highest BCUT2D eigenvalue weighted by atomic mass is 19.1. The van der Waals surface area contributed by atoms with E-state index in [9.17, 15) is 14.5 Å². The van der Waals surface area contributed by atoms with Crippen LogP contribution in [0.15, 0.2) is 48.5 Å². The molecule has 0 bridgehead atoms. The lowest BCUT2D eigenvalue weighted by Gasteiger charge is -2.19. The van der Waals surface area contributed by atoms with E-state index in [1.165, 1.54) is 12.1 Å². The van der Waals surface area contributed by atoms with Gasteiger partial charge < -0.3 is 4.90 Å². The summed E-state index contributed by atoms with van der Waals surface area (Å²) in [6.45, 7) is 0.276. The van der Waals surface area contributed by atoms with Crippen LogP contribution in [0.25, 0.3) is 0 Å². The number of nitrogens with zero attached hydrogens (tertiary/aromatic N) is 2. The number of hydrogen-bond donors (Lipinski definition) is 0. The maximum atomic E-state index is 13.2. The third kappa shape index (κ3) is 3.07. The molecule has 0 fully saturated rings. The van der Waals surface area contributed by atoms with Gasteiger partial charge in [0, 0.05) is 25.3 Å². The summed E-state index contributed by atoms with van der Waals surface area (Å²) in [5.74, 6) is -0.470. The van der Waals surface area contributed by atoms with Crippen LogP contribution in [0.3, 0.4) is 0 Å². The number of nitro groups is 1. The molecule has 0 atom stereocenters. The second-order valence-corrected chi connectivity index (χ2v) is 4.22. The predicted molar refractivity (Wildman–Crippen MR) is 71.6 cm³/mol. The summed E-state index contributed by atoms with van der Waals surface area (Å²) < 4.78 is 13.2. The van der Waals surface area contributed by atoms with Crippen LogP contribution in [0.4, 0.5) is 15.8 Å². The van der Waals surface area contributed by atoms with Crippen molar-refractivity contribution in [1.29, 1.82) is 0 Å². The number of anilines is 1. The van der Waals surface area contributed by atoms with Gasteiger partial charge in [0.2, 0.25) is 0 Å². The molecule has 0 aromatic heterocycles. The molecule has 0 heterocycles. The van der Waals surface area contributed by atoms with E-state index in [4.69, 9.17) is 0 Å². The minimum absolute atomic E-state index is 0.0656. The van der Waals surface area contributed by atoms with Crippen LogP contribution in [0.1, 0.15) is 5.56 Å². The molecule has 0 amide bonds. The molecule has 19 heavy (non-hydrogen) atoms. The Bertz CT molecular complexity index is 587. The van der Waals surface area contributed by atoms with Crippen LogP contribution >= 0.6 is 0 Å². The number of nitro benzene ring substituents is 1. The zero-order valence-corrected chi connectivity index (χ0v) is 10.4. The Kier molecular flexibility index (Phi) is 3.75. The van der Waals surface area contributed by atoms with Crippen molar-refractivity contribution < 1.29 is 9.31 Å². The fourth-order valence-electron chi connectivity index (χ4n) is 1.89. The molecule has 2 aromatic carbocycles. The first-order valence-electron chi connectivity index (χ1n) is 5.77. The summed E-state index contributed by atoms with van der Waals surface area (Å²) in [5.41, 5.74) is 1.21. The van der Waals surface area contributed by atoms with Crippen molar-refractivity contribution in [3.63, 3.8) is 0 Å². The maximum absolute atomic E-state index is 13.2. The quantitative estimate of drug-likeness (QED) is 0.625. The molecule has 0 aliphatic rings. The summed E-state index contributed by atoms with van der Waals surface area (Å²) >= 11 is 0. The largest absolute Gasteiger partial charge is 0.370 e. The van der Waals surface area contributed by atoms with Crippen molar-refractivity contribution in [2.24, 2.45) is 0 Å². The van der Waals surface area contributed by atoms with Crippen molar-refractivity contribution in [3.8, 4) is 0 Å². The van der Waals surface area contributed by atoms with E-state index >= 15 is 0 Å². The second kappa shape index (κ2) is 5.48. The van der Waals surface area contributed by atoms with Crippen molar-refractivity contribution >= 4 is 11.4 Å². The topological polar surface area (TPSA) is 46.4 Å². The average Bonchev–Trinajstić information content (AvgIpc) is 2.39. The molecule has 0 aliphatic carbocycles. The van der Waals surface area contributed by atoms with E-state index in [2.05, 4.69) is 0 Å². The van der Waals surface area contributed by atoms with Crippen molar-refractivity contribution in [2.45, 2.75) is 6.54 Å². The molecule has 5 heteroatoms. The van der Waals surface area contributed by atoms with Crippen LogP contribution in [-0.4, -0.2) is 12.0 Å². The van der Waals surface area contributed by atoms with E-state index in [-0.39, 0.29) is 12.2 Å². The van der Waals surface area contributed by atoms with Crippen molar-refractivity contribution in [2.75, 3.05) is 11.9 Å². The van der Waals surface area contributed by atoms with Crippen LogP contribution in [0.5, 0.6) is 0 Å². The molecule has 0 aliphatic heterocycles. The first-order chi connectivity index (χ1) is 9.08. The van der Waals surface area contributed by atoms with E-state index in [1.807, 2.05) is 42.3 Å². The van der Waals surface area contributed by atoms with Crippen LogP contribution < -0.4 is 4.90 Å². The van der Waals surface area contributed by atoms with E-state index in [1.54, 1.807) is 0 Å². The Balaban J connectivity index is 2.28. The summed E-state index contributed by atoms with van der Waals surface area (Å²) in [5, 5.41) is 10.9. The standard InChI is InChI=1S/C14H13FN2O2/c1-16(13-5-3-2-4-6-13)10-11-9-12(15)7-8-14(11)17(18)19/h2-9H,10H2,1H3. The van der Waals surface area contributed by atoms with E-state index in [0.717, 1.165) is 11.8 Å². The molecule has 2 aromatic rings. The average molecular weight is 260 g/mol. The van der Waals surface area contributed by atoms with Crippen LogP contribution in [0, 0.1) is 15.9 Å². The van der Waals surface area contributed by atoms with Gasteiger partial charge in [-0.25, -0.2) is 4.39 Å². The number of benzene rings is 2. The summed E-state index contributed by atoms with van der Waals surface area (Å²) in [6, 6.07) is 12.9. The summed E-state index contributed by atoms with van der Waals surface area (Å²) in [6.07, 6.45) is 0. The first-order valence-corrected chi connectivity index (χ1v) is 5.77. The van der Waals surface area contributed by atoms with Crippen LogP contribution in [0.2, 0.25) is 0 Å². The monoisotopic (exact) mass is 260 g/mol. The van der Waals surface area contributed by atoms with Gasteiger partial charge in [0.05, 0.1) is 10.5 Å². The molecule has 0 saturated carbocycles. The van der Waals surface area contributed by atoms with Gasteiger partial charge in [0.15, 0.2) is 0 Å². The van der Waals surface area contributed by atoms with Gasteiger partial charge in [-0.1, -0.05) is 18.2 Å². The highest BCUT2D eigenvalue weighted by molar-refractivity contribution is 5.49. The van der Waals surface area contributed by atoms with Gasteiger partial charge in [-0.05, 0) is 24.3 Å². The second-order valence-electron chi connectivity index (χ2n) is 4.22.